The molecule has 2 N–H and O–H groups in total. The smallest absolute Gasteiger partial charge is 0.138 e. The maximum atomic E-state index is 13.3. The van der Waals surface area contributed by atoms with Crippen LogP contribution in [0.5, 0.6) is 5.75 Å². The second-order valence-corrected chi connectivity index (χ2v) is 3.19. The van der Waals surface area contributed by atoms with Crippen LogP contribution in [-0.4, -0.2) is 13.2 Å². The Kier molecular flexibility index (Phi) is 4.17. The summed E-state index contributed by atoms with van der Waals surface area (Å²) in [5.41, 5.74) is 5.79. The van der Waals surface area contributed by atoms with Gasteiger partial charge in [0.25, 0.3) is 0 Å². The van der Waals surface area contributed by atoms with Gasteiger partial charge in [0, 0.05) is 5.56 Å². The summed E-state index contributed by atoms with van der Waals surface area (Å²) in [4.78, 5) is 0. The fourth-order valence-electron chi connectivity index (χ4n) is 1.22. The molecule has 0 saturated carbocycles. The summed E-state index contributed by atoms with van der Waals surface area (Å²) in [7, 11) is 0. The highest BCUT2D eigenvalue weighted by Gasteiger charge is 2.11. The van der Waals surface area contributed by atoms with Gasteiger partial charge in [-0.15, -0.1) is 0 Å². The lowest BCUT2D eigenvalue weighted by atomic mass is 10.1. The normalized spacial score (nSPS) is 10.3. The highest BCUT2D eigenvalue weighted by molar-refractivity contribution is 6.32. The molecule has 0 aromatic heterocycles. The van der Waals surface area contributed by atoms with E-state index >= 15 is 0 Å². The summed E-state index contributed by atoms with van der Waals surface area (Å²) in [6.07, 6.45) is 0.422. The van der Waals surface area contributed by atoms with E-state index in [1.165, 1.54) is 12.1 Å². The molecule has 0 unspecified atom stereocenters. The van der Waals surface area contributed by atoms with Crippen LogP contribution in [-0.2, 0) is 6.42 Å². The van der Waals surface area contributed by atoms with Crippen LogP contribution in [0.1, 0.15) is 12.5 Å². The van der Waals surface area contributed by atoms with Gasteiger partial charge < -0.3 is 10.5 Å². The van der Waals surface area contributed by atoms with Crippen molar-refractivity contribution in [3.8, 4) is 5.75 Å². The first-order valence-corrected chi connectivity index (χ1v) is 4.88. The third-order valence-electron chi connectivity index (χ3n) is 1.84. The quantitative estimate of drug-likeness (QED) is 0.841. The van der Waals surface area contributed by atoms with Crippen molar-refractivity contribution in [1.29, 1.82) is 0 Å². The molecule has 0 saturated heterocycles. The van der Waals surface area contributed by atoms with Gasteiger partial charge in [-0.05, 0) is 32.0 Å². The Bertz CT molecular complexity index is 317. The van der Waals surface area contributed by atoms with Crippen molar-refractivity contribution in [2.75, 3.05) is 13.2 Å². The number of nitrogens with two attached hydrogens (primary N) is 1. The maximum Gasteiger partial charge on any atom is 0.138 e. The van der Waals surface area contributed by atoms with Gasteiger partial charge in [0.15, 0.2) is 0 Å². The van der Waals surface area contributed by atoms with Crippen LogP contribution < -0.4 is 10.5 Å². The number of rotatable bonds is 4. The Morgan fingerprint density at radius 3 is 2.79 bits per heavy atom. The lowest BCUT2D eigenvalue weighted by molar-refractivity contribution is 0.339. The highest BCUT2D eigenvalue weighted by Crippen LogP contribution is 2.30. The lowest BCUT2D eigenvalue weighted by Gasteiger charge is -2.10. The summed E-state index contributed by atoms with van der Waals surface area (Å²) in [6, 6.07) is 2.88. The molecule has 1 rings (SSSR count). The zero-order valence-corrected chi connectivity index (χ0v) is 8.77. The molecule has 1 aromatic rings. The lowest BCUT2D eigenvalue weighted by Crippen LogP contribution is -2.06. The van der Waals surface area contributed by atoms with Crippen LogP contribution >= 0.6 is 11.6 Å². The standard InChI is InChI=1S/C10H13ClFNO/c1-2-14-9-4-3-8(12)7(5-6-13)10(9)11/h3-4H,2,5-6,13H2,1H3. The van der Waals surface area contributed by atoms with E-state index in [4.69, 9.17) is 22.1 Å². The summed E-state index contributed by atoms with van der Waals surface area (Å²) in [5, 5.41) is 0.331. The first-order chi connectivity index (χ1) is 6.70. The van der Waals surface area contributed by atoms with Crippen LogP contribution in [0.3, 0.4) is 0 Å². The van der Waals surface area contributed by atoms with E-state index in [2.05, 4.69) is 0 Å². The van der Waals surface area contributed by atoms with Crippen LogP contribution in [0.15, 0.2) is 12.1 Å². The van der Waals surface area contributed by atoms with Crippen molar-refractivity contribution < 1.29 is 9.13 Å². The average molecular weight is 218 g/mol. The van der Waals surface area contributed by atoms with Gasteiger partial charge in [0.1, 0.15) is 11.6 Å². The molecule has 1 aromatic carbocycles. The van der Waals surface area contributed by atoms with Gasteiger partial charge in [-0.3, -0.25) is 0 Å². The van der Waals surface area contributed by atoms with Crippen molar-refractivity contribution >= 4 is 11.6 Å². The molecule has 0 fully saturated rings. The van der Waals surface area contributed by atoms with Gasteiger partial charge in [0.05, 0.1) is 11.6 Å². The van der Waals surface area contributed by atoms with E-state index < -0.39 is 0 Å². The van der Waals surface area contributed by atoms with Crippen LogP contribution in [0.4, 0.5) is 4.39 Å². The molecule has 0 aliphatic rings. The zero-order valence-electron chi connectivity index (χ0n) is 8.02. The number of hydrogen-bond donors (Lipinski definition) is 1. The summed E-state index contributed by atoms with van der Waals surface area (Å²) >= 11 is 5.95. The van der Waals surface area contributed by atoms with Crippen molar-refractivity contribution in [3.63, 3.8) is 0 Å². The predicted octanol–water partition coefficient (Wildman–Crippen LogP) is 2.38. The van der Waals surface area contributed by atoms with E-state index in [0.29, 0.717) is 35.9 Å². The number of hydrogen-bond acceptors (Lipinski definition) is 2. The van der Waals surface area contributed by atoms with E-state index in [9.17, 15) is 4.39 Å². The first-order valence-electron chi connectivity index (χ1n) is 4.50. The third kappa shape index (κ3) is 2.36. The van der Waals surface area contributed by atoms with Crippen LogP contribution in [0.2, 0.25) is 5.02 Å². The Morgan fingerprint density at radius 2 is 2.21 bits per heavy atom. The predicted molar refractivity (Wildman–Crippen MR) is 55.3 cm³/mol. The minimum atomic E-state index is -0.330. The third-order valence-corrected chi connectivity index (χ3v) is 2.26. The molecule has 78 valence electrons. The molecular weight excluding hydrogens is 205 g/mol. The minimum absolute atomic E-state index is 0.330. The molecular formula is C10H13ClFNO. The second kappa shape index (κ2) is 5.17. The van der Waals surface area contributed by atoms with Crippen LogP contribution in [0, 0.1) is 5.82 Å². The topological polar surface area (TPSA) is 35.2 Å². The van der Waals surface area contributed by atoms with Crippen LogP contribution in [0.25, 0.3) is 0 Å². The molecule has 4 heteroatoms. The van der Waals surface area contributed by atoms with Gasteiger partial charge >= 0.3 is 0 Å². The Balaban J connectivity index is 3.05. The van der Waals surface area contributed by atoms with Crippen molar-refractivity contribution in [1.82, 2.24) is 0 Å². The van der Waals surface area contributed by atoms with E-state index in [-0.39, 0.29) is 5.82 Å². The van der Waals surface area contributed by atoms with Gasteiger partial charge in [-0.1, -0.05) is 11.6 Å². The monoisotopic (exact) mass is 217 g/mol. The molecule has 0 atom stereocenters. The molecule has 0 aliphatic carbocycles. The van der Waals surface area contributed by atoms with E-state index in [1.54, 1.807) is 0 Å². The Hall–Kier alpha value is -0.800. The summed E-state index contributed by atoms with van der Waals surface area (Å²) in [5.74, 6) is 0.183. The molecule has 14 heavy (non-hydrogen) atoms. The molecule has 0 spiro atoms. The second-order valence-electron chi connectivity index (χ2n) is 2.81. The fourth-order valence-corrected chi connectivity index (χ4v) is 1.52. The van der Waals surface area contributed by atoms with Crippen molar-refractivity contribution in [3.05, 3.63) is 28.5 Å². The highest BCUT2D eigenvalue weighted by atomic mass is 35.5. The summed E-state index contributed by atoms with van der Waals surface area (Å²) in [6.45, 7) is 2.72. The molecule has 0 heterocycles. The molecule has 0 aliphatic heterocycles. The van der Waals surface area contributed by atoms with E-state index in [1.807, 2.05) is 6.92 Å². The first kappa shape index (κ1) is 11.3. The number of ether oxygens (including phenoxy) is 1. The molecule has 0 radical (unpaired) electrons. The van der Waals surface area contributed by atoms with Crippen molar-refractivity contribution in [2.45, 2.75) is 13.3 Å². The molecule has 0 bridgehead atoms. The van der Waals surface area contributed by atoms with E-state index in [0.717, 1.165) is 0 Å². The average Bonchev–Trinajstić information content (AvgIpc) is 2.17. The summed E-state index contributed by atoms with van der Waals surface area (Å²) < 4.78 is 18.5. The minimum Gasteiger partial charge on any atom is -0.492 e. The molecule has 0 amide bonds. The fraction of sp³-hybridized carbons (Fsp3) is 0.400. The Labute approximate surface area is 87.8 Å². The van der Waals surface area contributed by atoms with Crippen molar-refractivity contribution in [2.24, 2.45) is 5.73 Å². The maximum absolute atomic E-state index is 13.3. The molecule has 2 nitrogen and oxygen atoms in total. The van der Waals surface area contributed by atoms with Gasteiger partial charge in [0.2, 0.25) is 0 Å². The van der Waals surface area contributed by atoms with Gasteiger partial charge in [-0.2, -0.15) is 0 Å². The SMILES string of the molecule is CCOc1ccc(F)c(CCN)c1Cl. The largest absolute Gasteiger partial charge is 0.492 e. The van der Waals surface area contributed by atoms with Gasteiger partial charge in [-0.25, -0.2) is 4.39 Å². The number of halogens is 2. The Morgan fingerprint density at radius 1 is 1.50 bits per heavy atom. The number of benzene rings is 1. The zero-order chi connectivity index (χ0) is 10.6.